The first-order chi connectivity index (χ1) is 16.4. The van der Waals surface area contributed by atoms with Crippen LogP contribution in [-0.4, -0.2) is 0 Å². The van der Waals surface area contributed by atoms with Crippen LogP contribution in [-0.2, 0) is 6.61 Å². The summed E-state index contributed by atoms with van der Waals surface area (Å²) in [5.41, 5.74) is 10.1. The van der Waals surface area contributed by atoms with Crippen molar-refractivity contribution < 1.29 is 4.74 Å². The molecular formula is C28H25BrN4O. The van der Waals surface area contributed by atoms with Crippen LogP contribution < -0.4 is 10.5 Å². The lowest BCUT2D eigenvalue weighted by Crippen LogP contribution is -2.43. The number of nitrogens with two attached hydrogens (primary N) is 1. The van der Waals surface area contributed by atoms with Gasteiger partial charge in [0.2, 0.25) is 0 Å². The molecule has 0 spiro atoms. The summed E-state index contributed by atoms with van der Waals surface area (Å²) in [6, 6.07) is 18.5. The van der Waals surface area contributed by atoms with Crippen LogP contribution in [0.1, 0.15) is 47.4 Å². The first-order valence-electron chi connectivity index (χ1n) is 11.3. The number of aryl methyl sites for hydroxylation is 2. The Morgan fingerprint density at radius 1 is 1.09 bits per heavy atom. The van der Waals surface area contributed by atoms with E-state index in [0.29, 0.717) is 12.2 Å². The van der Waals surface area contributed by atoms with Gasteiger partial charge in [-0.05, 0) is 91.1 Å². The van der Waals surface area contributed by atoms with Gasteiger partial charge in [0.25, 0.3) is 0 Å². The smallest absolute Gasteiger partial charge is 0.191 e. The van der Waals surface area contributed by atoms with Crippen molar-refractivity contribution in [1.29, 1.82) is 15.8 Å². The van der Waals surface area contributed by atoms with Crippen molar-refractivity contribution in [1.82, 2.24) is 0 Å². The first kappa shape index (κ1) is 23.6. The predicted octanol–water partition coefficient (Wildman–Crippen LogP) is 6.24. The Labute approximate surface area is 208 Å². The summed E-state index contributed by atoms with van der Waals surface area (Å²) in [6.07, 6.45) is 4.67. The Balaban J connectivity index is 1.83. The molecule has 0 radical (unpaired) electrons. The third kappa shape index (κ3) is 3.87. The lowest BCUT2D eigenvalue weighted by molar-refractivity contribution is 0.302. The number of hydrogen-bond acceptors (Lipinski definition) is 5. The average Bonchev–Trinajstić information content (AvgIpc) is 2.84. The van der Waals surface area contributed by atoms with Crippen LogP contribution in [0.2, 0.25) is 0 Å². The quantitative estimate of drug-likeness (QED) is 0.521. The van der Waals surface area contributed by atoms with E-state index in [-0.39, 0.29) is 11.6 Å². The van der Waals surface area contributed by atoms with E-state index in [1.807, 2.05) is 38.1 Å². The molecule has 170 valence electrons. The molecule has 2 atom stereocenters. The zero-order chi connectivity index (χ0) is 24.5. The molecule has 5 nitrogen and oxygen atoms in total. The Kier molecular flexibility index (Phi) is 6.52. The van der Waals surface area contributed by atoms with E-state index in [4.69, 9.17) is 10.5 Å². The number of fused-ring (bicyclic) bond motifs is 1. The van der Waals surface area contributed by atoms with Gasteiger partial charge in [-0.1, -0.05) is 34.1 Å². The number of ether oxygens (including phenoxy) is 1. The van der Waals surface area contributed by atoms with Gasteiger partial charge >= 0.3 is 0 Å². The van der Waals surface area contributed by atoms with E-state index in [1.165, 1.54) is 0 Å². The number of nitriles is 3. The average molecular weight is 513 g/mol. The lowest BCUT2D eigenvalue weighted by atomic mass is 9.56. The highest BCUT2D eigenvalue weighted by atomic mass is 79.9. The van der Waals surface area contributed by atoms with Crippen molar-refractivity contribution in [3.05, 3.63) is 86.0 Å². The second-order valence-electron chi connectivity index (χ2n) is 8.98. The number of halogens is 1. The molecule has 2 aromatic carbocycles. The maximum absolute atomic E-state index is 10.3. The molecule has 2 aliphatic rings. The van der Waals surface area contributed by atoms with Gasteiger partial charge in [0.1, 0.15) is 18.4 Å². The van der Waals surface area contributed by atoms with E-state index in [9.17, 15) is 15.8 Å². The van der Waals surface area contributed by atoms with E-state index in [0.717, 1.165) is 57.3 Å². The fraction of sp³-hybridized carbons (Fsp3) is 0.321. The van der Waals surface area contributed by atoms with Gasteiger partial charge < -0.3 is 10.5 Å². The largest absolute Gasteiger partial charge is 0.489 e. The fourth-order valence-electron chi connectivity index (χ4n) is 5.32. The van der Waals surface area contributed by atoms with Gasteiger partial charge in [-0.25, -0.2) is 0 Å². The fourth-order valence-corrected chi connectivity index (χ4v) is 5.58. The molecule has 2 aliphatic carbocycles. The third-order valence-corrected chi connectivity index (χ3v) is 7.60. The molecule has 2 unspecified atom stereocenters. The van der Waals surface area contributed by atoms with Gasteiger partial charge in [0, 0.05) is 10.4 Å². The summed E-state index contributed by atoms with van der Waals surface area (Å²) < 4.78 is 7.02. The van der Waals surface area contributed by atoms with Gasteiger partial charge in [0.05, 0.1) is 23.4 Å². The van der Waals surface area contributed by atoms with Gasteiger partial charge in [0.15, 0.2) is 5.41 Å². The highest BCUT2D eigenvalue weighted by molar-refractivity contribution is 9.10. The van der Waals surface area contributed by atoms with E-state index < -0.39 is 11.3 Å². The Morgan fingerprint density at radius 2 is 1.79 bits per heavy atom. The first-order valence-corrected chi connectivity index (χ1v) is 12.1. The molecule has 0 saturated heterocycles. The normalized spacial score (nSPS) is 20.9. The molecule has 34 heavy (non-hydrogen) atoms. The maximum Gasteiger partial charge on any atom is 0.191 e. The van der Waals surface area contributed by atoms with Crippen molar-refractivity contribution >= 4 is 15.9 Å². The zero-order valence-electron chi connectivity index (χ0n) is 19.2. The highest BCUT2D eigenvalue weighted by Gasteiger charge is 2.54. The van der Waals surface area contributed by atoms with Crippen LogP contribution in [0.3, 0.4) is 0 Å². The molecule has 0 fully saturated rings. The predicted molar refractivity (Wildman–Crippen MR) is 133 cm³/mol. The lowest BCUT2D eigenvalue weighted by Gasteiger charge is -2.44. The van der Waals surface area contributed by atoms with E-state index >= 15 is 0 Å². The van der Waals surface area contributed by atoms with Gasteiger partial charge in [-0.15, -0.1) is 0 Å². The zero-order valence-corrected chi connectivity index (χ0v) is 20.8. The molecule has 0 bridgehead atoms. The second kappa shape index (κ2) is 9.38. The monoisotopic (exact) mass is 512 g/mol. The number of nitrogens with zero attached hydrogens (tertiary/aromatic N) is 3. The molecule has 0 amide bonds. The molecule has 0 saturated carbocycles. The molecular weight excluding hydrogens is 488 g/mol. The minimum Gasteiger partial charge on any atom is -0.489 e. The van der Waals surface area contributed by atoms with Crippen LogP contribution in [0.25, 0.3) is 0 Å². The Bertz CT molecular complexity index is 1300. The van der Waals surface area contributed by atoms with Crippen LogP contribution in [0.5, 0.6) is 5.75 Å². The van der Waals surface area contributed by atoms with Crippen molar-refractivity contribution in [3.63, 3.8) is 0 Å². The standard InChI is InChI=1S/C28H25BrN4O/c1-17-11-18(2)24(12-19(17)14-34-21-9-7-20(29)8-10-21)26-23-6-4-3-5-22(23)25(13-30)27(33)28(26,15-31)16-32/h5,7-12,23,26H,3-4,6,14,33H2,1-2H3. The molecule has 4 rings (SSSR count). The summed E-state index contributed by atoms with van der Waals surface area (Å²) in [5.74, 6) is 0.184. The van der Waals surface area contributed by atoms with Gasteiger partial charge in [-0.3, -0.25) is 0 Å². The van der Waals surface area contributed by atoms with Crippen LogP contribution >= 0.6 is 15.9 Å². The molecule has 6 heteroatoms. The number of rotatable bonds is 4. The number of allylic oxidation sites excluding steroid dienone is 4. The SMILES string of the molecule is Cc1cc(C)c(C2C3CCCC=C3C(C#N)=C(N)C2(C#N)C#N)cc1COc1ccc(Br)cc1. The summed E-state index contributed by atoms with van der Waals surface area (Å²) in [6.45, 7) is 4.41. The number of hydrogen-bond donors (Lipinski definition) is 1. The second-order valence-corrected chi connectivity index (χ2v) is 9.90. The van der Waals surface area contributed by atoms with Crippen LogP contribution in [0, 0.1) is 59.2 Å². The topological polar surface area (TPSA) is 107 Å². The van der Waals surface area contributed by atoms with E-state index in [2.05, 4.69) is 52.3 Å². The number of benzene rings is 2. The summed E-state index contributed by atoms with van der Waals surface area (Å²) in [4.78, 5) is 0. The molecule has 0 aliphatic heterocycles. The van der Waals surface area contributed by atoms with Crippen molar-refractivity contribution in [2.75, 3.05) is 0 Å². The third-order valence-electron chi connectivity index (χ3n) is 7.07. The molecule has 2 aromatic rings. The van der Waals surface area contributed by atoms with Crippen molar-refractivity contribution in [2.24, 2.45) is 17.1 Å². The van der Waals surface area contributed by atoms with Crippen LogP contribution in [0.4, 0.5) is 0 Å². The maximum atomic E-state index is 10.3. The van der Waals surface area contributed by atoms with E-state index in [1.54, 1.807) is 0 Å². The minimum absolute atomic E-state index is 0.0713. The summed E-state index contributed by atoms with van der Waals surface area (Å²) in [5, 5.41) is 30.4. The highest BCUT2D eigenvalue weighted by Crippen LogP contribution is 2.56. The Morgan fingerprint density at radius 3 is 2.44 bits per heavy atom. The van der Waals surface area contributed by atoms with Gasteiger partial charge in [-0.2, -0.15) is 15.8 Å². The summed E-state index contributed by atoms with van der Waals surface area (Å²) >= 11 is 3.43. The Hall–Kier alpha value is -3.53. The van der Waals surface area contributed by atoms with Crippen LogP contribution in [0.15, 0.2) is 63.8 Å². The minimum atomic E-state index is -1.60. The van der Waals surface area contributed by atoms with Crippen molar-refractivity contribution in [2.45, 2.75) is 45.6 Å². The summed E-state index contributed by atoms with van der Waals surface area (Å²) in [7, 11) is 0. The molecule has 2 N–H and O–H groups in total. The van der Waals surface area contributed by atoms with Crippen molar-refractivity contribution in [3.8, 4) is 24.0 Å². The molecule has 0 aromatic heterocycles. The molecule has 0 heterocycles.